The number of aromatic nitrogens is 3. The summed E-state index contributed by atoms with van der Waals surface area (Å²) in [5.41, 5.74) is -0.518. The number of hydrogen-bond acceptors (Lipinski definition) is 10. The van der Waals surface area contributed by atoms with Crippen LogP contribution in [0.25, 0.3) is 5.57 Å². The highest BCUT2D eigenvalue weighted by Gasteiger charge is 2.47. The Morgan fingerprint density at radius 3 is 2.74 bits per heavy atom. The lowest BCUT2D eigenvalue weighted by Gasteiger charge is -2.32. The van der Waals surface area contributed by atoms with Crippen LogP contribution in [0.1, 0.15) is 45.6 Å². The van der Waals surface area contributed by atoms with Crippen LogP contribution in [-0.4, -0.2) is 70.8 Å². The molecule has 240 valence electrons. The van der Waals surface area contributed by atoms with E-state index in [9.17, 15) is 31.5 Å². The van der Waals surface area contributed by atoms with E-state index < -0.39 is 46.5 Å². The number of alkyl halides is 2. The van der Waals surface area contributed by atoms with Crippen LogP contribution < -0.4 is 4.72 Å². The second-order valence-electron chi connectivity index (χ2n) is 10.5. The Morgan fingerprint density at radius 2 is 2.07 bits per heavy atom. The number of carbonyl (C=O) groups excluding carboxylic acids is 1. The van der Waals surface area contributed by atoms with Crippen LogP contribution in [0.4, 0.5) is 13.2 Å². The Bertz CT molecular complexity index is 1990. The maximum absolute atomic E-state index is 14.1. The summed E-state index contributed by atoms with van der Waals surface area (Å²) in [7, 11) is -3.05. The van der Waals surface area contributed by atoms with Crippen LogP contribution in [0.2, 0.25) is 5.02 Å². The predicted octanol–water partition coefficient (Wildman–Crippen LogP) is 4.64. The first-order valence-electron chi connectivity index (χ1n) is 13.6. The molecule has 1 fully saturated rings. The van der Waals surface area contributed by atoms with Crippen molar-refractivity contribution in [3.63, 3.8) is 0 Å². The molecule has 2 aliphatic rings. The maximum atomic E-state index is 14.1. The number of hydrogen-bond donors (Lipinski definition) is 2. The number of ether oxygens (including phenoxy) is 1. The van der Waals surface area contributed by atoms with Gasteiger partial charge >= 0.3 is 12.5 Å². The zero-order valence-electron chi connectivity index (χ0n) is 23.8. The third-order valence-electron chi connectivity index (χ3n) is 7.49. The Kier molecular flexibility index (Phi) is 8.49. The molecule has 2 atom stereocenters. The van der Waals surface area contributed by atoms with Gasteiger partial charge in [-0.1, -0.05) is 23.7 Å². The first-order valence-corrected chi connectivity index (χ1v) is 16.3. The fourth-order valence-electron chi connectivity index (χ4n) is 5.38. The molecule has 0 radical (unpaired) electrons. The van der Waals surface area contributed by atoms with E-state index in [4.69, 9.17) is 16.6 Å². The Labute approximate surface area is 269 Å². The lowest BCUT2D eigenvalue weighted by atomic mass is 9.91. The summed E-state index contributed by atoms with van der Waals surface area (Å²) in [6.45, 7) is -3.56. The number of sulfonamides is 1. The van der Waals surface area contributed by atoms with Gasteiger partial charge in [-0.25, -0.2) is 32.0 Å². The van der Waals surface area contributed by atoms with Crippen molar-refractivity contribution in [3.8, 4) is 0 Å². The number of thiazole rings is 1. The number of aliphatic hydroxyl groups is 1. The maximum Gasteiger partial charge on any atom is 0.337 e. The second-order valence-corrected chi connectivity index (χ2v) is 13.6. The molecule has 0 amide bonds. The predicted molar refractivity (Wildman–Crippen MR) is 162 cm³/mol. The highest BCUT2D eigenvalue weighted by Crippen LogP contribution is 2.48. The largest absolute Gasteiger partial charge is 0.465 e. The molecule has 0 saturated carbocycles. The van der Waals surface area contributed by atoms with Gasteiger partial charge in [-0.05, 0) is 36.4 Å². The number of benzene rings is 2. The monoisotopic (exact) mass is 692 g/mol. The minimum Gasteiger partial charge on any atom is -0.465 e. The Morgan fingerprint density at radius 1 is 1.26 bits per heavy atom. The molecule has 17 heteroatoms. The van der Waals surface area contributed by atoms with E-state index in [0.717, 1.165) is 18.3 Å². The van der Waals surface area contributed by atoms with E-state index in [-0.39, 0.29) is 34.1 Å². The summed E-state index contributed by atoms with van der Waals surface area (Å²) < 4.78 is 75.3. The molecular formula is C29H24ClF3N6O5S2. The summed E-state index contributed by atoms with van der Waals surface area (Å²) >= 11 is 7.74. The molecule has 6 rings (SSSR count). The van der Waals surface area contributed by atoms with Crippen LogP contribution in [0.5, 0.6) is 0 Å². The number of aliphatic imine (C=N–C) groups is 1. The highest BCUT2D eigenvalue weighted by molar-refractivity contribution is 7.89. The molecule has 0 bridgehead atoms. The van der Waals surface area contributed by atoms with Crippen molar-refractivity contribution < 1.29 is 36.2 Å². The molecule has 11 nitrogen and oxygen atoms in total. The summed E-state index contributed by atoms with van der Waals surface area (Å²) in [4.78, 5) is 22.7. The average Bonchev–Trinajstić information content (AvgIpc) is 3.80. The summed E-state index contributed by atoms with van der Waals surface area (Å²) in [5.74, 6) is -0.995. The molecular weight excluding hydrogens is 669 g/mol. The van der Waals surface area contributed by atoms with Gasteiger partial charge in [-0.2, -0.15) is 13.9 Å². The number of methoxy groups -OCH3 is 1. The van der Waals surface area contributed by atoms with Gasteiger partial charge in [0.1, 0.15) is 17.5 Å². The smallest absolute Gasteiger partial charge is 0.337 e. The van der Waals surface area contributed by atoms with Crippen LogP contribution in [0.3, 0.4) is 0 Å². The summed E-state index contributed by atoms with van der Waals surface area (Å²) in [6, 6.07) is 9.37. The SMILES string of the molecule is COC(=O)c1cccc(S(=O)(=O)NC[C@@]2(O)CC3=C(c4ccn(C(F)F)n4)[C@H](c4ccc(F)cc4Cl)N=C(c4nccs4)N3C2)c1. The van der Waals surface area contributed by atoms with Gasteiger partial charge in [0.15, 0.2) is 10.8 Å². The minimum atomic E-state index is -4.22. The Hall–Kier alpha value is -4.09. The van der Waals surface area contributed by atoms with Crippen molar-refractivity contribution in [2.24, 2.45) is 4.99 Å². The number of fused-ring (bicyclic) bond motifs is 1. The van der Waals surface area contributed by atoms with Crippen molar-refractivity contribution in [2.45, 2.75) is 29.5 Å². The van der Waals surface area contributed by atoms with Gasteiger partial charge in [0.25, 0.3) is 0 Å². The number of carbonyl (C=O) groups is 1. The standard InChI is InChI=1S/C29H24ClF3N6O5S2/c1-44-27(40)16-3-2-4-18(11-16)46(42,43)35-14-29(41)13-22-23(21-7-9-39(37-21)28(32)33)24(19-6-5-17(31)12-20(19)30)36-25(38(22)15-29)26-34-8-10-45-26/h2-12,24,28,35,41H,13-15H2,1H3/t24-,29-/m0/s1. The number of nitrogens with zero attached hydrogens (tertiary/aromatic N) is 5. The quantitative estimate of drug-likeness (QED) is 0.242. The minimum absolute atomic E-state index is 0.0231. The van der Waals surface area contributed by atoms with Gasteiger partial charge in [0, 0.05) is 52.6 Å². The molecule has 0 spiro atoms. The van der Waals surface area contributed by atoms with Crippen molar-refractivity contribution in [3.05, 3.63) is 105 Å². The number of rotatable bonds is 9. The van der Waals surface area contributed by atoms with Gasteiger partial charge in [0.05, 0.1) is 29.8 Å². The number of esters is 1. The van der Waals surface area contributed by atoms with Crippen LogP contribution >= 0.6 is 22.9 Å². The summed E-state index contributed by atoms with van der Waals surface area (Å²) in [5, 5.41) is 18.1. The van der Waals surface area contributed by atoms with Crippen molar-refractivity contribution in [1.82, 2.24) is 24.4 Å². The first-order chi connectivity index (χ1) is 21.9. The summed E-state index contributed by atoms with van der Waals surface area (Å²) in [6.07, 6.45) is 2.50. The molecule has 2 aliphatic heterocycles. The van der Waals surface area contributed by atoms with E-state index in [1.807, 2.05) is 0 Å². The van der Waals surface area contributed by atoms with Gasteiger partial charge in [-0.15, -0.1) is 11.3 Å². The molecule has 2 aromatic carbocycles. The average molecular weight is 693 g/mol. The van der Waals surface area contributed by atoms with Crippen molar-refractivity contribution >= 4 is 50.3 Å². The highest BCUT2D eigenvalue weighted by atomic mass is 35.5. The fraction of sp³-hybridized carbons (Fsp3) is 0.241. The first kappa shape index (κ1) is 31.9. The molecule has 0 aliphatic carbocycles. The van der Waals surface area contributed by atoms with Gasteiger partial charge < -0.3 is 14.7 Å². The lowest BCUT2D eigenvalue weighted by Crippen LogP contribution is -2.45. The Balaban J connectivity index is 1.42. The van der Waals surface area contributed by atoms with Crippen LogP contribution in [-0.2, 0) is 14.8 Å². The molecule has 4 heterocycles. The van der Waals surface area contributed by atoms with Gasteiger partial charge in [-0.3, -0.25) is 4.99 Å². The molecule has 4 aromatic rings. The van der Waals surface area contributed by atoms with Crippen molar-refractivity contribution in [2.75, 3.05) is 20.2 Å². The van der Waals surface area contributed by atoms with Crippen LogP contribution in [0.15, 0.2) is 81.9 Å². The van der Waals surface area contributed by atoms with E-state index >= 15 is 0 Å². The molecule has 2 N–H and O–H groups in total. The molecule has 0 unspecified atom stereocenters. The molecule has 46 heavy (non-hydrogen) atoms. The fourth-order valence-corrected chi connectivity index (χ4v) is 7.46. The normalized spacial score (nSPS) is 19.8. The third-order valence-corrected chi connectivity index (χ3v) is 9.98. The number of amidine groups is 1. The van der Waals surface area contributed by atoms with E-state index in [1.165, 1.54) is 54.8 Å². The zero-order chi connectivity index (χ0) is 32.8. The topological polar surface area (TPSA) is 139 Å². The van der Waals surface area contributed by atoms with Crippen LogP contribution in [0, 0.1) is 5.82 Å². The zero-order valence-corrected chi connectivity index (χ0v) is 26.2. The lowest BCUT2D eigenvalue weighted by molar-refractivity contribution is 0.0563. The number of halogens is 4. The van der Waals surface area contributed by atoms with Crippen molar-refractivity contribution in [1.29, 1.82) is 0 Å². The van der Waals surface area contributed by atoms with E-state index in [1.54, 1.807) is 16.5 Å². The molecule has 2 aromatic heterocycles. The van der Waals surface area contributed by atoms with Gasteiger partial charge in [0.2, 0.25) is 10.0 Å². The van der Waals surface area contributed by atoms with E-state index in [2.05, 4.69) is 19.5 Å². The van der Waals surface area contributed by atoms with E-state index in [0.29, 0.717) is 32.4 Å². The number of nitrogens with one attached hydrogen (secondary N) is 1. The third kappa shape index (κ3) is 6.05. The second kappa shape index (κ2) is 12.3. The molecule has 1 saturated heterocycles.